The average Bonchev–Trinajstić information content (AvgIpc) is 3.05. The maximum absolute atomic E-state index is 10.6. The molecule has 3 nitrogen and oxygen atoms in total. The highest BCUT2D eigenvalue weighted by molar-refractivity contribution is 5.38. The number of hydrogen-bond acceptors (Lipinski definition) is 3. The third kappa shape index (κ3) is 5.10. The Balaban J connectivity index is 1.78. The Bertz CT molecular complexity index is 756. The largest absolute Gasteiger partial charge is 0.393 e. The van der Waals surface area contributed by atoms with E-state index in [9.17, 15) is 15.3 Å². The van der Waals surface area contributed by atoms with Crippen molar-refractivity contribution in [1.29, 1.82) is 0 Å². The third-order valence-corrected chi connectivity index (χ3v) is 8.84. The summed E-state index contributed by atoms with van der Waals surface area (Å²) in [5, 5.41) is 30.8. The highest BCUT2D eigenvalue weighted by atomic mass is 16.3. The van der Waals surface area contributed by atoms with E-state index < -0.39 is 17.8 Å². The van der Waals surface area contributed by atoms with Gasteiger partial charge in [-0.2, -0.15) is 0 Å². The van der Waals surface area contributed by atoms with Gasteiger partial charge >= 0.3 is 0 Å². The van der Waals surface area contributed by atoms with Gasteiger partial charge in [0.25, 0.3) is 0 Å². The van der Waals surface area contributed by atoms with Gasteiger partial charge in [-0.1, -0.05) is 64.2 Å². The molecule has 0 bridgehead atoms. The van der Waals surface area contributed by atoms with Crippen LogP contribution in [0.3, 0.4) is 0 Å². The predicted molar refractivity (Wildman–Crippen MR) is 128 cm³/mol. The number of allylic oxidation sites excluding steroid dienone is 4. The first-order chi connectivity index (χ1) is 14.5. The van der Waals surface area contributed by atoms with E-state index in [-0.39, 0.29) is 5.92 Å². The van der Waals surface area contributed by atoms with Crippen LogP contribution < -0.4 is 0 Å². The van der Waals surface area contributed by atoms with Gasteiger partial charge in [0.15, 0.2) is 0 Å². The Morgan fingerprint density at radius 3 is 2.55 bits per heavy atom. The van der Waals surface area contributed by atoms with Gasteiger partial charge in [0, 0.05) is 6.42 Å². The number of aliphatic hydroxyl groups excluding tert-OH is 2. The predicted octanol–water partition coefficient (Wildman–Crippen LogP) is 5.73. The van der Waals surface area contributed by atoms with E-state index in [2.05, 4.69) is 52.5 Å². The van der Waals surface area contributed by atoms with Crippen LogP contribution in [-0.4, -0.2) is 33.1 Å². The maximum atomic E-state index is 10.6. The van der Waals surface area contributed by atoms with Crippen molar-refractivity contribution in [1.82, 2.24) is 0 Å². The molecule has 0 spiro atoms. The van der Waals surface area contributed by atoms with Crippen LogP contribution in [0.1, 0.15) is 79.6 Å². The minimum absolute atomic E-state index is 0.201. The Hall–Kier alpha value is -1.16. The molecule has 174 valence electrons. The van der Waals surface area contributed by atoms with Crippen molar-refractivity contribution in [3.8, 4) is 0 Å². The molecule has 3 N–H and O–H groups in total. The molecule has 0 radical (unpaired) electrons. The van der Waals surface area contributed by atoms with Crippen molar-refractivity contribution in [3.63, 3.8) is 0 Å². The first-order valence-corrected chi connectivity index (χ1v) is 12.3. The molecule has 0 amide bonds. The lowest BCUT2D eigenvalue weighted by molar-refractivity contribution is 0.0607. The van der Waals surface area contributed by atoms with Gasteiger partial charge in [0.2, 0.25) is 0 Å². The van der Waals surface area contributed by atoms with Crippen LogP contribution in [0, 0.1) is 29.1 Å². The second-order valence-corrected chi connectivity index (χ2v) is 11.3. The Morgan fingerprint density at radius 2 is 1.87 bits per heavy atom. The highest BCUT2D eigenvalue weighted by Crippen LogP contribution is 2.59. The summed E-state index contributed by atoms with van der Waals surface area (Å²) in [7, 11) is 0. The van der Waals surface area contributed by atoms with Crippen LogP contribution >= 0.6 is 0 Å². The fourth-order valence-electron chi connectivity index (χ4n) is 6.28. The lowest BCUT2D eigenvalue weighted by atomic mass is 9.61. The van der Waals surface area contributed by atoms with E-state index in [0.717, 1.165) is 17.6 Å². The van der Waals surface area contributed by atoms with E-state index in [4.69, 9.17) is 0 Å². The van der Waals surface area contributed by atoms with Gasteiger partial charge in [-0.3, -0.25) is 0 Å². The summed E-state index contributed by atoms with van der Waals surface area (Å²) in [6.45, 7) is 14.9. The number of aliphatic hydroxyl groups is 3. The molecule has 0 aliphatic heterocycles. The molecule has 0 heterocycles. The lowest BCUT2D eigenvalue weighted by Crippen LogP contribution is -2.36. The van der Waals surface area contributed by atoms with Gasteiger partial charge < -0.3 is 15.3 Å². The smallest absolute Gasteiger partial charge is 0.0822 e. The molecule has 0 aromatic carbocycles. The number of rotatable bonds is 5. The van der Waals surface area contributed by atoms with E-state index in [1.54, 1.807) is 0 Å². The zero-order chi connectivity index (χ0) is 23.0. The van der Waals surface area contributed by atoms with Crippen molar-refractivity contribution >= 4 is 0 Å². The Kier molecular flexibility index (Phi) is 7.40. The summed E-state index contributed by atoms with van der Waals surface area (Å²) in [4.78, 5) is 0. The van der Waals surface area contributed by atoms with E-state index in [1.165, 1.54) is 31.3 Å². The lowest BCUT2D eigenvalue weighted by Gasteiger charge is -2.44. The zero-order valence-electron chi connectivity index (χ0n) is 20.3. The van der Waals surface area contributed by atoms with E-state index in [1.807, 2.05) is 13.0 Å². The molecular weight excluding hydrogens is 384 g/mol. The first-order valence-electron chi connectivity index (χ1n) is 12.3. The van der Waals surface area contributed by atoms with E-state index >= 15 is 0 Å². The van der Waals surface area contributed by atoms with Crippen molar-refractivity contribution < 1.29 is 15.3 Å². The standard InChI is InChI=1S/C28H44O3/c1-18(2)28(6,31)15-13-19(3)24-11-12-25-21(8-7-14-27(24,25)5)9-10-22-16-23(29)17-26(30)20(22)4/h9-10,13,15,18-19,23-26,29-31H,4,7-8,11-12,14,16-17H2,1-3,5-6H3. The highest BCUT2D eigenvalue weighted by Gasteiger charge is 2.50. The fourth-order valence-corrected chi connectivity index (χ4v) is 6.28. The molecule has 3 aliphatic rings. The van der Waals surface area contributed by atoms with E-state index in [0.29, 0.717) is 36.0 Å². The molecule has 31 heavy (non-hydrogen) atoms. The summed E-state index contributed by atoms with van der Waals surface area (Å²) in [5.74, 6) is 1.87. The van der Waals surface area contributed by atoms with Crippen molar-refractivity contribution in [3.05, 3.63) is 47.6 Å². The van der Waals surface area contributed by atoms with Gasteiger partial charge in [-0.15, -0.1) is 0 Å². The van der Waals surface area contributed by atoms with Crippen LogP contribution in [0.2, 0.25) is 0 Å². The average molecular weight is 429 g/mol. The second kappa shape index (κ2) is 9.37. The molecule has 3 fully saturated rings. The maximum Gasteiger partial charge on any atom is 0.0822 e. The molecule has 0 aromatic rings. The minimum Gasteiger partial charge on any atom is -0.393 e. The molecule has 0 saturated heterocycles. The second-order valence-electron chi connectivity index (χ2n) is 11.3. The zero-order valence-corrected chi connectivity index (χ0v) is 20.3. The fraction of sp³-hybridized carbons (Fsp3) is 0.714. The van der Waals surface area contributed by atoms with Crippen LogP contribution in [-0.2, 0) is 0 Å². The molecule has 7 atom stereocenters. The summed E-state index contributed by atoms with van der Waals surface area (Å²) in [6.07, 6.45) is 14.6. The molecule has 3 aliphatic carbocycles. The summed E-state index contributed by atoms with van der Waals surface area (Å²) >= 11 is 0. The monoisotopic (exact) mass is 428 g/mol. The van der Waals surface area contributed by atoms with Crippen LogP contribution in [0.4, 0.5) is 0 Å². The normalized spacial score (nSPS) is 40.0. The van der Waals surface area contributed by atoms with Gasteiger partial charge in [0.1, 0.15) is 0 Å². The molecule has 7 unspecified atom stereocenters. The summed E-state index contributed by atoms with van der Waals surface area (Å²) in [6, 6.07) is 0. The van der Waals surface area contributed by atoms with Crippen molar-refractivity contribution in [2.75, 3.05) is 0 Å². The third-order valence-electron chi connectivity index (χ3n) is 8.84. The number of fused-ring (bicyclic) bond motifs is 1. The molecule has 3 heteroatoms. The Labute approximate surface area is 189 Å². The SMILES string of the molecule is C=C1C(=CC=C2CCCC3(C)C2CCC3C(C)C=CC(C)(O)C(C)C)CC(O)CC1O. The number of hydrogen-bond donors (Lipinski definition) is 3. The molecular formula is C28H44O3. The van der Waals surface area contributed by atoms with Gasteiger partial charge in [-0.05, 0) is 85.7 Å². The van der Waals surface area contributed by atoms with Crippen LogP contribution in [0.25, 0.3) is 0 Å². The topological polar surface area (TPSA) is 60.7 Å². The minimum atomic E-state index is -0.755. The van der Waals surface area contributed by atoms with Gasteiger partial charge in [-0.25, -0.2) is 0 Å². The van der Waals surface area contributed by atoms with Gasteiger partial charge in [0.05, 0.1) is 17.8 Å². The molecule has 3 rings (SSSR count). The van der Waals surface area contributed by atoms with Crippen LogP contribution in [0.5, 0.6) is 0 Å². The Morgan fingerprint density at radius 1 is 1.16 bits per heavy atom. The van der Waals surface area contributed by atoms with Crippen LogP contribution in [0.15, 0.2) is 47.6 Å². The molecule has 0 aromatic heterocycles. The molecule has 3 saturated carbocycles. The summed E-state index contributed by atoms with van der Waals surface area (Å²) in [5.41, 5.74) is 2.82. The van der Waals surface area contributed by atoms with Crippen molar-refractivity contribution in [2.24, 2.45) is 29.1 Å². The quantitative estimate of drug-likeness (QED) is 0.490. The first kappa shape index (κ1) is 24.5. The van der Waals surface area contributed by atoms with Crippen molar-refractivity contribution in [2.45, 2.75) is 97.4 Å². The summed E-state index contributed by atoms with van der Waals surface area (Å²) < 4.78 is 0.